The van der Waals surface area contributed by atoms with Crippen LogP contribution in [-0.4, -0.2) is 11.2 Å². The van der Waals surface area contributed by atoms with Gasteiger partial charge in [-0.2, -0.15) is 0 Å². The lowest BCUT2D eigenvalue weighted by Gasteiger charge is -2.07. The van der Waals surface area contributed by atoms with Gasteiger partial charge in [0, 0.05) is 10.7 Å². The van der Waals surface area contributed by atoms with E-state index in [1.165, 1.54) is 0 Å². The summed E-state index contributed by atoms with van der Waals surface area (Å²) in [5.74, 6) is 0.283. The number of halogens is 1. The normalized spacial score (nSPS) is 10.2. The molecule has 1 heterocycles. The standard InChI is InChI=1S/C16H12ClN3O2/c17-12-7-4-8-13(9-12)19-16(21)20-15-14(10-18-22-15)11-5-2-1-3-6-11/h1-10H,(H2,19,20,21). The quantitative estimate of drug-likeness (QED) is 0.740. The van der Waals surface area contributed by atoms with E-state index in [0.717, 1.165) is 5.56 Å². The number of rotatable bonds is 3. The van der Waals surface area contributed by atoms with E-state index >= 15 is 0 Å². The zero-order valence-electron chi connectivity index (χ0n) is 11.4. The molecule has 110 valence electrons. The molecule has 5 nitrogen and oxygen atoms in total. The zero-order chi connectivity index (χ0) is 15.4. The Bertz CT molecular complexity index is 787. The topological polar surface area (TPSA) is 67.2 Å². The summed E-state index contributed by atoms with van der Waals surface area (Å²) in [6.07, 6.45) is 1.56. The van der Waals surface area contributed by atoms with Crippen LogP contribution in [0, 0.1) is 0 Å². The first kappa shape index (κ1) is 14.2. The Kier molecular flexibility index (Phi) is 4.07. The highest BCUT2D eigenvalue weighted by atomic mass is 35.5. The number of benzene rings is 2. The maximum absolute atomic E-state index is 12.0. The van der Waals surface area contributed by atoms with Gasteiger partial charge in [0.05, 0.1) is 11.8 Å². The first-order valence-electron chi connectivity index (χ1n) is 6.56. The van der Waals surface area contributed by atoms with E-state index in [2.05, 4.69) is 15.8 Å². The Labute approximate surface area is 131 Å². The van der Waals surface area contributed by atoms with Gasteiger partial charge in [-0.05, 0) is 23.8 Å². The Hall–Kier alpha value is -2.79. The van der Waals surface area contributed by atoms with Crippen molar-refractivity contribution in [3.05, 3.63) is 65.8 Å². The predicted octanol–water partition coefficient (Wildman–Crippen LogP) is 4.64. The number of hydrogen-bond donors (Lipinski definition) is 2. The molecule has 0 aliphatic rings. The third-order valence-electron chi connectivity index (χ3n) is 2.96. The molecule has 0 fully saturated rings. The van der Waals surface area contributed by atoms with Crippen molar-refractivity contribution in [1.29, 1.82) is 0 Å². The first-order valence-corrected chi connectivity index (χ1v) is 6.94. The Morgan fingerprint density at radius 3 is 2.64 bits per heavy atom. The molecule has 0 radical (unpaired) electrons. The molecule has 3 aromatic rings. The fraction of sp³-hybridized carbons (Fsp3) is 0. The molecule has 2 N–H and O–H groups in total. The molecule has 22 heavy (non-hydrogen) atoms. The monoisotopic (exact) mass is 313 g/mol. The summed E-state index contributed by atoms with van der Waals surface area (Å²) in [4.78, 5) is 12.0. The van der Waals surface area contributed by atoms with Crippen LogP contribution in [0.5, 0.6) is 0 Å². The first-order chi connectivity index (χ1) is 10.7. The second kappa shape index (κ2) is 6.32. The molecule has 6 heteroatoms. The van der Waals surface area contributed by atoms with Crippen molar-refractivity contribution < 1.29 is 9.32 Å². The number of amides is 2. The number of anilines is 2. The molecule has 0 aliphatic heterocycles. The highest BCUT2D eigenvalue weighted by Crippen LogP contribution is 2.27. The van der Waals surface area contributed by atoms with Crippen molar-refractivity contribution in [3.63, 3.8) is 0 Å². The van der Waals surface area contributed by atoms with Crippen molar-refractivity contribution >= 4 is 29.2 Å². The van der Waals surface area contributed by atoms with E-state index in [-0.39, 0.29) is 5.88 Å². The second-order valence-electron chi connectivity index (χ2n) is 4.52. The molecule has 0 unspecified atom stereocenters. The molecule has 0 aliphatic carbocycles. The third kappa shape index (κ3) is 3.27. The van der Waals surface area contributed by atoms with Crippen molar-refractivity contribution in [2.75, 3.05) is 10.6 Å². The van der Waals surface area contributed by atoms with E-state index in [9.17, 15) is 4.79 Å². The molecule has 2 aromatic carbocycles. The minimum Gasteiger partial charge on any atom is -0.338 e. The molecule has 0 atom stereocenters. The number of nitrogens with one attached hydrogen (secondary N) is 2. The molecule has 3 rings (SSSR count). The maximum atomic E-state index is 12.0. The van der Waals surface area contributed by atoms with Crippen molar-refractivity contribution in [3.8, 4) is 11.1 Å². The molecule has 1 aromatic heterocycles. The van der Waals surface area contributed by atoms with Crippen LogP contribution in [0.4, 0.5) is 16.4 Å². The average Bonchev–Trinajstić information content (AvgIpc) is 2.96. The van der Waals surface area contributed by atoms with Crippen LogP contribution in [0.1, 0.15) is 0 Å². The summed E-state index contributed by atoms with van der Waals surface area (Å²) in [6.45, 7) is 0. The highest BCUT2D eigenvalue weighted by molar-refractivity contribution is 6.30. The second-order valence-corrected chi connectivity index (χ2v) is 4.96. The zero-order valence-corrected chi connectivity index (χ0v) is 12.2. The Balaban J connectivity index is 1.74. The third-order valence-corrected chi connectivity index (χ3v) is 3.20. The van der Waals surface area contributed by atoms with Gasteiger partial charge in [0.25, 0.3) is 0 Å². The highest BCUT2D eigenvalue weighted by Gasteiger charge is 2.13. The van der Waals surface area contributed by atoms with Crippen LogP contribution in [0.3, 0.4) is 0 Å². The van der Waals surface area contributed by atoms with Crippen LogP contribution < -0.4 is 10.6 Å². The molecular formula is C16H12ClN3O2. The minimum atomic E-state index is -0.434. The van der Waals surface area contributed by atoms with E-state index in [4.69, 9.17) is 16.1 Å². The summed E-state index contributed by atoms with van der Waals surface area (Å²) in [5.41, 5.74) is 2.20. The Morgan fingerprint density at radius 1 is 1.05 bits per heavy atom. The van der Waals surface area contributed by atoms with Gasteiger partial charge in [-0.3, -0.25) is 5.32 Å². The molecule has 2 amide bonds. The van der Waals surface area contributed by atoms with E-state index in [1.807, 2.05) is 30.3 Å². The summed E-state index contributed by atoms with van der Waals surface area (Å²) in [6, 6.07) is 16.0. The lowest BCUT2D eigenvalue weighted by Crippen LogP contribution is -2.19. The number of urea groups is 1. The van der Waals surface area contributed by atoms with Gasteiger partial charge in [0.1, 0.15) is 0 Å². The van der Waals surface area contributed by atoms with Gasteiger partial charge in [0.2, 0.25) is 5.88 Å². The van der Waals surface area contributed by atoms with Crippen molar-refractivity contribution in [2.45, 2.75) is 0 Å². The number of aromatic nitrogens is 1. The van der Waals surface area contributed by atoms with E-state index < -0.39 is 6.03 Å². The van der Waals surface area contributed by atoms with Gasteiger partial charge >= 0.3 is 6.03 Å². The summed E-state index contributed by atoms with van der Waals surface area (Å²) in [5, 5.41) is 9.59. The minimum absolute atomic E-state index is 0.283. The number of carbonyl (C=O) groups excluding carboxylic acids is 1. The fourth-order valence-electron chi connectivity index (χ4n) is 1.98. The van der Waals surface area contributed by atoms with Crippen LogP contribution in [-0.2, 0) is 0 Å². The lowest BCUT2D eigenvalue weighted by molar-refractivity contribution is 0.261. The number of hydrogen-bond acceptors (Lipinski definition) is 3. The SMILES string of the molecule is O=C(Nc1cccc(Cl)c1)Nc1oncc1-c1ccccc1. The van der Waals surface area contributed by atoms with E-state index in [1.54, 1.807) is 30.5 Å². The average molecular weight is 314 g/mol. The lowest BCUT2D eigenvalue weighted by atomic mass is 10.1. The van der Waals surface area contributed by atoms with Gasteiger partial charge < -0.3 is 9.84 Å². The Morgan fingerprint density at radius 2 is 1.86 bits per heavy atom. The summed E-state index contributed by atoms with van der Waals surface area (Å²) in [7, 11) is 0. The number of carbonyl (C=O) groups is 1. The summed E-state index contributed by atoms with van der Waals surface area (Å²) >= 11 is 5.88. The van der Waals surface area contributed by atoms with E-state index in [0.29, 0.717) is 16.3 Å². The predicted molar refractivity (Wildman–Crippen MR) is 86.0 cm³/mol. The molecule has 0 saturated heterocycles. The molecule has 0 spiro atoms. The van der Waals surface area contributed by atoms with Crippen LogP contribution in [0.15, 0.2) is 65.3 Å². The maximum Gasteiger partial charge on any atom is 0.326 e. The smallest absolute Gasteiger partial charge is 0.326 e. The van der Waals surface area contributed by atoms with Crippen LogP contribution in [0.25, 0.3) is 11.1 Å². The number of nitrogens with zero attached hydrogens (tertiary/aromatic N) is 1. The van der Waals surface area contributed by atoms with Gasteiger partial charge in [0.15, 0.2) is 0 Å². The molecule has 0 saturated carbocycles. The largest absolute Gasteiger partial charge is 0.338 e. The van der Waals surface area contributed by atoms with Gasteiger partial charge in [-0.1, -0.05) is 53.2 Å². The molecule has 0 bridgehead atoms. The summed E-state index contributed by atoms with van der Waals surface area (Å²) < 4.78 is 5.10. The van der Waals surface area contributed by atoms with Crippen LogP contribution in [0.2, 0.25) is 5.02 Å². The van der Waals surface area contributed by atoms with Gasteiger partial charge in [-0.15, -0.1) is 0 Å². The van der Waals surface area contributed by atoms with Crippen molar-refractivity contribution in [2.24, 2.45) is 0 Å². The van der Waals surface area contributed by atoms with Crippen LogP contribution >= 0.6 is 11.6 Å². The van der Waals surface area contributed by atoms with Crippen molar-refractivity contribution in [1.82, 2.24) is 5.16 Å². The van der Waals surface area contributed by atoms with Gasteiger partial charge in [-0.25, -0.2) is 4.79 Å². The fourth-order valence-corrected chi connectivity index (χ4v) is 2.18. The molecular weight excluding hydrogens is 302 g/mol.